The van der Waals surface area contributed by atoms with E-state index in [2.05, 4.69) is 27.7 Å². The third-order valence-electron chi connectivity index (χ3n) is 2.97. The Labute approximate surface area is 98.2 Å². The number of aryl methyl sites for hydroxylation is 1. The lowest BCUT2D eigenvalue weighted by molar-refractivity contribution is 0.332. The van der Waals surface area contributed by atoms with Crippen molar-refractivity contribution in [3.63, 3.8) is 0 Å². The highest BCUT2D eigenvalue weighted by Gasteiger charge is 2.20. The fourth-order valence-corrected chi connectivity index (χ4v) is 2.50. The Balaban J connectivity index is 2.26. The van der Waals surface area contributed by atoms with E-state index in [-0.39, 0.29) is 0 Å². The van der Waals surface area contributed by atoms with Gasteiger partial charge in [0.1, 0.15) is 5.82 Å². The van der Waals surface area contributed by atoms with E-state index < -0.39 is 0 Å². The quantitative estimate of drug-likeness (QED) is 0.811. The predicted octanol–water partition coefficient (Wildman–Crippen LogP) is 2.88. The largest absolute Gasteiger partial charge is 0.383 e. The zero-order valence-corrected chi connectivity index (χ0v) is 10.6. The molecular weight excluding hydrogens is 289 g/mol. The molecule has 0 radical (unpaired) electrons. The highest BCUT2D eigenvalue weighted by atomic mass is 127. The van der Waals surface area contributed by atoms with Gasteiger partial charge in [0.05, 0.1) is 15.3 Å². The van der Waals surface area contributed by atoms with Crippen LogP contribution >= 0.6 is 22.6 Å². The Morgan fingerprint density at radius 2 is 2.00 bits per heavy atom. The van der Waals surface area contributed by atoms with Crippen molar-refractivity contribution in [1.82, 2.24) is 9.78 Å². The molecule has 1 aliphatic carbocycles. The second kappa shape index (κ2) is 4.08. The Morgan fingerprint density at radius 3 is 2.50 bits per heavy atom. The van der Waals surface area contributed by atoms with Crippen molar-refractivity contribution in [2.75, 3.05) is 5.73 Å². The maximum atomic E-state index is 6.03. The first-order valence-corrected chi connectivity index (χ1v) is 6.28. The van der Waals surface area contributed by atoms with E-state index >= 15 is 0 Å². The third-order valence-corrected chi connectivity index (χ3v) is 4.30. The second-order valence-electron chi connectivity index (χ2n) is 4.02. The number of halogens is 1. The van der Waals surface area contributed by atoms with Gasteiger partial charge in [-0.2, -0.15) is 5.10 Å². The summed E-state index contributed by atoms with van der Waals surface area (Å²) in [4.78, 5) is 0. The van der Waals surface area contributed by atoms with E-state index in [1.54, 1.807) is 0 Å². The number of hydrogen-bond donors (Lipinski definition) is 1. The monoisotopic (exact) mass is 305 g/mol. The van der Waals surface area contributed by atoms with Crippen LogP contribution in [0.15, 0.2) is 0 Å². The van der Waals surface area contributed by atoms with Gasteiger partial charge in [0.2, 0.25) is 0 Å². The molecule has 78 valence electrons. The van der Waals surface area contributed by atoms with E-state index in [1.165, 1.54) is 32.1 Å². The number of nitrogen functional groups attached to an aromatic ring is 1. The van der Waals surface area contributed by atoms with Crippen LogP contribution in [0, 0.1) is 10.5 Å². The van der Waals surface area contributed by atoms with E-state index in [0.29, 0.717) is 6.04 Å². The van der Waals surface area contributed by atoms with Gasteiger partial charge in [-0.15, -0.1) is 0 Å². The number of nitrogens with zero attached hydrogens (tertiary/aromatic N) is 2. The zero-order chi connectivity index (χ0) is 10.1. The molecule has 1 saturated carbocycles. The maximum absolute atomic E-state index is 6.03. The molecule has 0 saturated heterocycles. The minimum atomic E-state index is 0.547. The number of aromatic nitrogens is 2. The topological polar surface area (TPSA) is 43.8 Å². The average molecular weight is 305 g/mol. The van der Waals surface area contributed by atoms with Gasteiger partial charge in [-0.05, 0) is 42.4 Å². The Bertz CT molecular complexity index is 326. The lowest BCUT2D eigenvalue weighted by Gasteiger charge is -2.22. The van der Waals surface area contributed by atoms with Crippen LogP contribution in [0.2, 0.25) is 0 Å². The summed E-state index contributed by atoms with van der Waals surface area (Å²) in [5, 5.41) is 4.52. The number of nitrogens with two attached hydrogens (primary N) is 1. The molecule has 0 aliphatic heterocycles. The van der Waals surface area contributed by atoms with Crippen LogP contribution in [0.25, 0.3) is 0 Å². The molecule has 0 unspecified atom stereocenters. The summed E-state index contributed by atoms with van der Waals surface area (Å²) in [6.07, 6.45) is 6.48. The molecule has 1 aromatic heterocycles. The smallest absolute Gasteiger partial charge is 0.135 e. The summed E-state index contributed by atoms with van der Waals surface area (Å²) in [6, 6.07) is 0.547. The van der Waals surface area contributed by atoms with Crippen LogP contribution in [0.4, 0.5) is 5.82 Å². The fourth-order valence-electron chi connectivity index (χ4n) is 2.15. The molecular formula is C10H16IN3. The molecule has 0 aromatic carbocycles. The first kappa shape index (κ1) is 10.3. The van der Waals surface area contributed by atoms with Crippen molar-refractivity contribution in [2.45, 2.75) is 45.1 Å². The fraction of sp³-hybridized carbons (Fsp3) is 0.700. The highest BCUT2D eigenvalue weighted by molar-refractivity contribution is 14.1. The Kier molecular flexibility index (Phi) is 2.99. The van der Waals surface area contributed by atoms with Crippen molar-refractivity contribution < 1.29 is 0 Å². The predicted molar refractivity (Wildman–Crippen MR) is 66.2 cm³/mol. The molecule has 2 N–H and O–H groups in total. The normalized spacial score (nSPS) is 18.7. The van der Waals surface area contributed by atoms with E-state index in [4.69, 9.17) is 5.73 Å². The average Bonchev–Trinajstić information content (AvgIpc) is 2.47. The number of anilines is 1. The van der Waals surface area contributed by atoms with Crippen LogP contribution in [0.1, 0.15) is 43.8 Å². The first-order valence-electron chi connectivity index (χ1n) is 5.20. The van der Waals surface area contributed by atoms with Crippen molar-refractivity contribution in [3.05, 3.63) is 9.26 Å². The summed E-state index contributed by atoms with van der Waals surface area (Å²) >= 11 is 2.28. The molecule has 1 aromatic rings. The summed E-state index contributed by atoms with van der Waals surface area (Å²) in [7, 11) is 0. The minimum Gasteiger partial charge on any atom is -0.383 e. The van der Waals surface area contributed by atoms with Crippen LogP contribution < -0.4 is 5.73 Å². The van der Waals surface area contributed by atoms with Gasteiger partial charge in [0.15, 0.2) is 0 Å². The highest BCUT2D eigenvalue weighted by Crippen LogP contribution is 2.31. The van der Waals surface area contributed by atoms with Crippen molar-refractivity contribution in [2.24, 2.45) is 0 Å². The Morgan fingerprint density at radius 1 is 1.36 bits per heavy atom. The summed E-state index contributed by atoms with van der Waals surface area (Å²) < 4.78 is 3.16. The molecule has 1 heterocycles. The molecule has 1 aliphatic rings. The van der Waals surface area contributed by atoms with E-state index in [9.17, 15) is 0 Å². The number of rotatable bonds is 1. The van der Waals surface area contributed by atoms with Crippen LogP contribution in [0.3, 0.4) is 0 Å². The number of hydrogen-bond acceptors (Lipinski definition) is 2. The van der Waals surface area contributed by atoms with E-state index in [0.717, 1.165) is 15.1 Å². The maximum Gasteiger partial charge on any atom is 0.135 e. The second-order valence-corrected chi connectivity index (χ2v) is 5.10. The van der Waals surface area contributed by atoms with Gasteiger partial charge in [0, 0.05) is 0 Å². The molecule has 0 amide bonds. The third kappa shape index (κ3) is 1.76. The van der Waals surface area contributed by atoms with Crippen LogP contribution in [-0.2, 0) is 0 Å². The van der Waals surface area contributed by atoms with Gasteiger partial charge < -0.3 is 5.73 Å². The van der Waals surface area contributed by atoms with Crippen molar-refractivity contribution >= 4 is 28.4 Å². The first-order chi connectivity index (χ1) is 6.70. The SMILES string of the molecule is Cc1nn(C2CCCCC2)c(N)c1I. The van der Waals surface area contributed by atoms with Gasteiger partial charge in [-0.1, -0.05) is 19.3 Å². The lowest BCUT2D eigenvalue weighted by atomic mass is 9.96. The molecule has 1 fully saturated rings. The standard InChI is InChI=1S/C10H16IN3/c1-7-9(11)10(12)14(13-7)8-5-3-2-4-6-8/h8H,2-6,12H2,1H3. The summed E-state index contributed by atoms with van der Waals surface area (Å²) in [6.45, 7) is 2.03. The van der Waals surface area contributed by atoms with Gasteiger partial charge in [-0.25, -0.2) is 4.68 Å². The van der Waals surface area contributed by atoms with Crippen LogP contribution in [0.5, 0.6) is 0 Å². The van der Waals surface area contributed by atoms with Gasteiger partial charge in [-0.3, -0.25) is 0 Å². The minimum absolute atomic E-state index is 0.547. The molecule has 2 rings (SSSR count). The molecule has 14 heavy (non-hydrogen) atoms. The van der Waals surface area contributed by atoms with Gasteiger partial charge >= 0.3 is 0 Å². The molecule has 0 atom stereocenters. The summed E-state index contributed by atoms with van der Waals surface area (Å²) in [5.41, 5.74) is 7.09. The Hall–Kier alpha value is -0.260. The lowest BCUT2D eigenvalue weighted by Crippen LogP contribution is -2.16. The summed E-state index contributed by atoms with van der Waals surface area (Å²) in [5.74, 6) is 0.856. The molecule has 3 nitrogen and oxygen atoms in total. The molecule has 0 spiro atoms. The molecule has 0 bridgehead atoms. The van der Waals surface area contributed by atoms with E-state index in [1.807, 2.05) is 11.6 Å². The molecule has 4 heteroatoms. The van der Waals surface area contributed by atoms with Crippen LogP contribution in [-0.4, -0.2) is 9.78 Å². The van der Waals surface area contributed by atoms with Gasteiger partial charge in [0.25, 0.3) is 0 Å². The zero-order valence-electron chi connectivity index (χ0n) is 8.46. The van der Waals surface area contributed by atoms with Crippen molar-refractivity contribution in [3.8, 4) is 0 Å². The van der Waals surface area contributed by atoms with Crippen molar-refractivity contribution in [1.29, 1.82) is 0 Å².